The van der Waals surface area contributed by atoms with Crippen LogP contribution in [0.4, 0.5) is 0 Å². The highest BCUT2D eigenvalue weighted by atomic mass is 32.2. The quantitative estimate of drug-likeness (QED) is 0.902. The first kappa shape index (κ1) is 14.0. The summed E-state index contributed by atoms with van der Waals surface area (Å²) in [5.74, 6) is -0.339. The van der Waals surface area contributed by atoms with Crippen LogP contribution in [-0.2, 0) is 14.8 Å². The molecule has 0 aromatic heterocycles. The number of aryl methyl sites for hydroxylation is 1. The van der Waals surface area contributed by atoms with Crippen LogP contribution in [0.3, 0.4) is 0 Å². The first-order chi connectivity index (χ1) is 9.03. The topological polar surface area (TPSA) is 79.2 Å². The van der Waals surface area contributed by atoms with Crippen molar-refractivity contribution < 1.29 is 13.2 Å². The van der Waals surface area contributed by atoms with E-state index in [4.69, 9.17) is 10.00 Å². The highest BCUT2D eigenvalue weighted by Gasteiger charge is 2.30. The van der Waals surface area contributed by atoms with Crippen molar-refractivity contribution >= 4 is 10.0 Å². The average molecular weight is 280 g/mol. The number of rotatable bonds is 3. The molecule has 1 aromatic carbocycles. The van der Waals surface area contributed by atoms with Gasteiger partial charge < -0.3 is 4.74 Å². The van der Waals surface area contributed by atoms with Gasteiger partial charge >= 0.3 is 0 Å². The summed E-state index contributed by atoms with van der Waals surface area (Å²) in [6.07, 6.45) is 0.553. The van der Waals surface area contributed by atoms with Gasteiger partial charge in [0.25, 0.3) is 0 Å². The van der Waals surface area contributed by atoms with Gasteiger partial charge in [-0.3, -0.25) is 0 Å². The van der Waals surface area contributed by atoms with Crippen LogP contribution in [0.2, 0.25) is 0 Å². The van der Waals surface area contributed by atoms with Crippen LogP contribution in [0.25, 0.3) is 0 Å². The lowest BCUT2D eigenvalue weighted by Crippen LogP contribution is -2.45. The number of nitrogens with zero attached hydrogens (tertiary/aromatic N) is 1. The summed E-state index contributed by atoms with van der Waals surface area (Å²) in [4.78, 5) is 0.209. The molecule has 102 valence electrons. The van der Waals surface area contributed by atoms with E-state index >= 15 is 0 Å². The van der Waals surface area contributed by atoms with Gasteiger partial charge in [-0.2, -0.15) is 5.26 Å². The Morgan fingerprint density at radius 1 is 1.37 bits per heavy atom. The molecule has 0 unspecified atom stereocenters. The lowest BCUT2D eigenvalue weighted by molar-refractivity contribution is 0.0587. The number of hydrogen-bond donors (Lipinski definition) is 1. The van der Waals surface area contributed by atoms with Gasteiger partial charge in [-0.25, -0.2) is 13.1 Å². The number of hydrogen-bond acceptors (Lipinski definition) is 4. The maximum Gasteiger partial charge on any atom is 0.240 e. The summed E-state index contributed by atoms with van der Waals surface area (Å²) in [6, 6.07) is 8.25. The Hall–Kier alpha value is -1.42. The molecule has 1 saturated heterocycles. The van der Waals surface area contributed by atoms with Crippen molar-refractivity contribution in [3.8, 4) is 6.07 Å². The van der Waals surface area contributed by atoms with Gasteiger partial charge in [-0.1, -0.05) is 17.7 Å². The molecule has 2 atom stereocenters. The van der Waals surface area contributed by atoms with Gasteiger partial charge in [0.05, 0.1) is 29.5 Å². The fourth-order valence-corrected chi connectivity index (χ4v) is 3.25. The Morgan fingerprint density at radius 2 is 2.05 bits per heavy atom. The van der Waals surface area contributed by atoms with Crippen molar-refractivity contribution in [3.63, 3.8) is 0 Å². The van der Waals surface area contributed by atoms with Crippen molar-refractivity contribution in [2.24, 2.45) is 5.92 Å². The van der Waals surface area contributed by atoms with E-state index in [1.807, 2.05) is 6.92 Å². The Bertz CT molecular complexity index is 575. The molecule has 1 N–H and O–H groups in total. The van der Waals surface area contributed by atoms with E-state index in [9.17, 15) is 8.42 Å². The maximum absolute atomic E-state index is 12.2. The summed E-state index contributed by atoms with van der Waals surface area (Å²) < 4.78 is 32.2. The summed E-state index contributed by atoms with van der Waals surface area (Å²) in [6.45, 7) is 2.63. The molecule has 0 radical (unpaired) electrons. The largest absolute Gasteiger partial charge is 0.380 e. The van der Waals surface area contributed by atoms with Gasteiger partial charge in [0.2, 0.25) is 10.0 Å². The highest BCUT2D eigenvalue weighted by molar-refractivity contribution is 7.89. The molecule has 1 heterocycles. The van der Waals surface area contributed by atoms with Gasteiger partial charge in [-0.05, 0) is 25.5 Å². The molecule has 1 fully saturated rings. The molecular formula is C13H16N2O3S. The average Bonchev–Trinajstić information content (AvgIpc) is 2.39. The molecule has 0 amide bonds. The van der Waals surface area contributed by atoms with Crippen molar-refractivity contribution in [3.05, 3.63) is 29.8 Å². The highest BCUT2D eigenvalue weighted by Crippen LogP contribution is 2.18. The monoisotopic (exact) mass is 280 g/mol. The number of sulfonamides is 1. The zero-order valence-corrected chi connectivity index (χ0v) is 11.5. The predicted molar refractivity (Wildman–Crippen MR) is 69.8 cm³/mol. The van der Waals surface area contributed by atoms with Crippen molar-refractivity contribution in [2.45, 2.75) is 24.3 Å². The normalized spacial score (nSPS) is 23.8. The third-order valence-corrected chi connectivity index (χ3v) is 4.67. The number of ether oxygens (including phenoxy) is 1. The minimum atomic E-state index is -3.60. The Balaban J connectivity index is 2.17. The van der Waals surface area contributed by atoms with Crippen LogP contribution >= 0.6 is 0 Å². The molecule has 0 bridgehead atoms. The fourth-order valence-electron chi connectivity index (χ4n) is 1.99. The second kappa shape index (κ2) is 5.70. The van der Waals surface area contributed by atoms with Crippen LogP contribution in [0.5, 0.6) is 0 Å². The van der Waals surface area contributed by atoms with E-state index in [1.54, 1.807) is 24.3 Å². The van der Waals surface area contributed by atoms with Crippen LogP contribution < -0.4 is 4.72 Å². The number of nitriles is 1. The lowest BCUT2D eigenvalue weighted by atomic mass is 9.98. The van der Waals surface area contributed by atoms with Crippen LogP contribution in [0.15, 0.2) is 29.2 Å². The molecule has 1 aliphatic rings. The van der Waals surface area contributed by atoms with Crippen LogP contribution in [0.1, 0.15) is 12.0 Å². The van der Waals surface area contributed by atoms with Crippen molar-refractivity contribution in [1.82, 2.24) is 4.72 Å². The molecule has 2 rings (SSSR count). The Morgan fingerprint density at radius 3 is 2.68 bits per heavy atom. The van der Waals surface area contributed by atoms with E-state index in [0.29, 0.717) is 13.0 Å². The predicted octanol–water partition coefficient (Wildman–Crippen LogP) is 1.20. The van der Waals surface area contributed by atoms with Gasteiger partial charge in [0.15, 0.2) is 0 Å². The van der Waals surface area contributed by atoms with Crippen LogP contribution in [-0.4, -0.2) is 27.7 Å². The van der Waals surface area contributed by atoms with Gasteiger partial charge in [0, 0.05) is 6.61 Å². The minimum Gasteiger partial charge on any atom is -0.380 e. The number of benzene rings is 1. The third kappa shape index (κ3) is 3.32. The van der Waals surface area contributed by atoms with Crippen LogP contribution in [0, 0.1) is 24.2 Å². The maximum atomic E-state index is 12.2. The molecule has 5 nitrogen and oxygen atoms in total. The summed E-state index contributed by atoms with van der Waals surface area (Å²) >= 11 is 0. The van der Waals surface area contributed by atoms with E-state index < -0.39 is 16.1 Å². The van der Waals surface area contributed by atoms with Gasteiger partial charge in [0.1, 0.15) is 0 Å². The molecule has 0 aliphatic carbocycles. The summed E-state index contributed by atoms with van der Waals surface area (Å²) in [7, 11) is -3.60. The zero-order chi connectivity index (χ0) is 13.9. The van der Waals surface area contributed by atoms with E-state index in [1.165, 1.54) is 0 Å². The Labute approximate surface area is 113 Å². The van der Waals surface area contributed by atoms with E-state index in [-0.39, 0.29) is 17.4 Å². The second-order valence-corrected chi connectivity index (χ2v) is 6.35. The molecule has 1 aliphatic heterocycles. The molecule has 0 saturated carbocycles. The first-order valence-corrected chi connectivity index (χ1v) is 7.57. The fraction of sp³-hybridized carbons (Fsp3) is 0.462. The van der Waals surface area contributed by atoms with E-state index in [2.05, 4.69) is 10.8 Å². The van der Waals surface area contributed by atoms with Crippen molar-refractivity contribution in [2.75, 3.05) is 13.2 Å². The zero-order valence-electron chi connectivity index (χ0n) is 10.7. The second-order valence-electron chi connectivity index (χ2n) is 4.64. The molecule has 19 heavy (non-hydrogen) atoms. The lowest BCUT2D eigenvalue weighted by Gasteiger charge is -2.27. The number of nitrogens with one attached hydrogen (secondary N) is 1. The first-order valence-electron chi connectivity index (χ1n) is 6.09. The Kier molecular flexibility index (Phi) is 4.20. The molecule has 6 heteroatoms. The minimum absolute atomic E-state index is 0.209. The van der Waals surface area contributed by atoms with Crippen molar-refractivity contribution in [1.29, 1.82) is 5.26 Å². The summed E-state index contributed by atoms with van der Waals surface area (Å²) in [5, 5.41) is 9.02. The molecular weight excluding hydrogens is 264 g/mol. The standard InChI is InChI=1S/C13H16N2O3S/c1-10-2-4-12(5-3-10)19(16,17)15-13-9-18-7-6-11(13)8-14/h2-5,11,13,15H,6-7,9H2,1H3/t11-,13+/m1/s1. The van der Waals surface area contributed by atoms with E-state index in [0.717, 1.165) is 5.56 Å². The summed E-state index contributed by atoms with van der Waals surface area (Å²) in [5.41, 5.74) is 0.995. The molecule has 1 aromatic rings. The SMILES string of the molecule is Cc1ccc(S(=O)(=O)N[C@H]2COCC[C@@H]2C#N)cc1. The smallest absolute Gasteiger partial charge is 0.240 e. The third-order valence-electron chi connectivity index (χ3n) is 3.16. The molecule has 0 spiro atoms. The van der Waals surface area contributed by atoms with Gasteiger partial charge in [-0.15, -0.1) is 0 Å².